The van der Waals surface area contributed by atoms with Crippen LogP contribution in [-0.2, 0) is 20.6 Å². The lowest BCUT2D eigenvalue weighted by Crippen LogP contribution is -2.42. The number of anilines is 1. The van der Waals surface area contributed by atoms with Crippen LogP contribution < -0.4 is 10.6 Å². The summed E-state index contributed by atoms with van der Waals surface area (Å²) in [6, 6.07) is 2.27. The van der Waals surface area contributed by atoms with Crippen molar-refractivity contribution < 1.29 is 28.2 Å². The second kappa shape index (κ2) is 11.1. The fourth-order valence-corrected chi connectivity index (χ4v) is 4.52. The van der Waals surface area contributed by atoms with Gasteiger partial charge < -0.3 is 24.4 Å². The number of ether oxygens (including phenoxy) is 3. The van der Waals surface area contributed by atoms with Gasteiger partial charge >= 0.3 is 12.1 Å². The van der Waals surface area contributed by atoms with Crippen LogP contribution in [0.1, 0.15) is 50.6 Å². The summed E-state index contributed by atoms with van der Waals surface area (Å²) in [7, 11) is 2.95. The molecule has 36 heavy (non-hydrogen) atoms. The lowest BCUT2D eigenvalue weighted by Gasteiger charge is -2.34. The van der Waals surface area contributed by atoms with Gasteiger partial charge in [0.15, 0.2) is 6.29 Å². The third-order valence-corrected chi connectivity index (χ3v) is 6.30. The smallest absolute Gasteiger partial charge is 0.410 e. The summed E-state index contributed by atoms with van der Waals surface area (Å²) in [5.41, 5.74) is 1.71. The Labute approximate surface area is 218 Å². The second-order valence-corrected chi connectivity index (χ2v) is 10.4. The molecule has 2 aromatic rings. The first-order chi connectivity index (χ1) is 16.9. The van der Waals surface area contributed by atoms with Crippen LogP contribution in [0.15, 0.2) is 16.6 Å². The van der Waals surface area contributed by atoms with Gasteiger partial charge in [-0.25, -0.2) is 18.7 Å². The van der Waals surface area contributed by atoms with E-state index < -0.39 is 30.1 Å². The van der Waals surface area contributed by atoms with E-state index in [-0.39, 0.29) is 16.8 Å². The number of halogens is 2. The molecule has 12 heteroatoms. The number of fused-ring (bicyclic) bond motifs is 1. The summed E-state index contributed by atoms with van der Waals surface area (Å²) < 4.78 is 32.0. The van der Waals surface area contributed by atoms with Crippen molar-refractivity contribution in [2.24, 2.45) is 0 Å². The number of hydrogen-bond acceptors (Lipinski definition) is 6. The topological polar surface area (TPSA) is 107 Å². The number of benzene rings is 1. The number of hydrogen-bond donors (Lipinski definition) is 2. The number of rotatable bonds is 6. The van der Waals surface area contributed by atoms with Crippen LogP contribution in [0.25, 0.3) is 5.69 Å². The van der Waals surface area contributed by atoms with Gasteiger partial charge in [0.25, 0.3) is 0 Å². The quantitative estimate of drug-likeness (QED) is 0.489. The number of carbonyl (C=O) groups is 2. The number of aryl methyl sites for hydroxylation is 1. The minimum atomic E-state index is -0.653. The van der Waals surface area contributed by atoms with Crippen molar-refractivity contribution in [3.05, 3.63) is 39.2 Å². The Morgan fingerprint density at radius 1 is 1.28 bits per heavy atom. The minimum absolute atomic E-state index is 0.107. The van der Waals surface area contributed by atoms with Crippen LogP contribution in [0.4, 0.5) is 19.8 Å². The van der Waals surface area contributed by atoms with Gasteiger partial charge in [-0.3, -0.25) is 5.32 Å². The lowest BCUT2D eigenvalue weighted by atomic mass is 10.00. The SMILES string of the molecule is COC(CNC(=O)Nc1c2c(nn1-c1cc(C)c(F)c(Br)c1)CCN(C(=O)OC(C)(C)C)[C@H]2C)OC. The third-order valence-electron chi connectivity index (χ3n) is 5.73. The van der Waals surface area contributed by atoms with E-state index in [0.29, 0.717) is 35.6 Å². The van der Waals surface area contributed by atoms with Crippen LogP contribution in [0.3, 0.4) is 0 Å². The predicted molar refractivity (Wildman–Crippen MR) is 136 cm³/mol. The molecule has 3 amide bonds. The van der Waals surface area contributed by atoms with E-state index in [9.17, 15) is 14.0 Å². The van der Waals surface area contributed by atoms with Gasteiger partial charge in [-0.15, -0.1) is 0 Å². The van der Waals surface area contributed by atoms with Crippen molar-refractivity contribution in [3.8, 4) is 5.69 Å². The van der Waals surface area contributed by atoms with Gasteiger partial charge in [0.05, 0.1) is 28.4 Å². The van der Waals surface area contributed by atoms with Crippen molar-refractivity contribution >= 4 is 33.9 Å². The normalized spacial score (nSPS) is 15.6. The number of urea groups is 1. The Morgan fingerprint density at radius 3 is 2.53 bits per heavy atom. The molecular weight excluding hydrogens is 537 g/mol. The Hall–Kier alpha value is -2.70. The maximum Gasteiger partial charge on any atom is 0.410 e. The van der Waals surface area contributed by atoms with E-state index in [1.807, 2.05) is 27.7 Å². The highest BCUT2D eigenvalue weighted by atomic mass is 79.9. The molecule has 0 unspecified atom stereocenters. The van der Waals surface area contributed by atoms with Gasteiger partial charge in [0, 0.05) is 32.7 Å². The molecule has 2 N–H and O–H groups in total. The maximum atomic E-state index is 14.3. The number of amides is 3. The molecule has 1 aliphatic heterocycles. The fraction of sp³-hybridized carbons (Fsp3) is 0.542. The second-order valence-electron chi connectivity index (χ2n) is 9.51. The highest BCUT2D eigenvalue weighted by Crippen LogP contribution is 2.38. The number of methoxy groups -OCH3 is 2. The minimum Gasteiger partial charge on any atom is -0.444 e. The molecule has 198 valence electrons. The Balaban J connectivity index is 2.03. The maximum absolute atomic E-state index is 14.3. The van der Waals surface area contributed by atoms with Crippen molar-refractivity contribution in [1.82, 2.24) is 20.0 Å². The lowest BCUT2D eigenvalue weighted by molar-refractivity contribution is -0.0970. The van der Waals surface area contributed by atoms with Gasteiger partial charge in [-0.05, 0) is 68.2 Å². The van der Waals surface area contributed by atoms with Crippen LogP contribution in [0, 0.1) is 12.7 Å². The number of carbonyl (C=O) groups excluding carboxylic acids is 2. The molecule has 0 saturated carbocycles. The summed E-state index contributed by atoms with van der Waals surface area (Å²) in [5, 5.41) is 10.3. The number of aromatic nitrogens is 2. The molecule has 0 saturated heterocycles. The third kappa shape index (κ3) is 6.16. The monoisotopic (exact) mass is 569 g/mol. The van der Waals surface area contributed by atoms with Crippen molar-refractivity contribution in [2.75, 3.05) is 32.6 Å². The molecule has 0 radical (unpaired) electrons. The first-order valence-corrected chi connectivity index (χ1v) is 12.3. The van der Waals surface area contributed by atoms with E-state index in [2.05, 4.69) is 26.6 Å². The van der Waals surface area contributed by atoms with E-state index in [4.69, 9.17) is 19.3 Å². The van der Waals surface area contributed by atoms with Crippen LogP contribution >= 0.6 is 15.9 Å². The largest absolute Gasteiger partial charge is 0.444 e. The molecule has 1 atom stereocenters. The molecule has 2 heterocycles. The standard InChI is InChI=1S/C24H33BrFN5O5/c1-13-10-15(11-16(25)20(13)26)31-21(28-22(32)27-12-18(34-6)35-7)19-14(2)30(9-8-17(19)29-31)23(33)36-24(3,4)5/h10-11,14,18H,8-9,12H2,1-7H3,(H2,27,28,32)/t14-/m0/s1. The predicted octanol–water partition coefficient (Wildman–Crippen LogP) is 4.68. The zero-order chi connectivity index (χ0) is 26.8. The van der Waals surface area contributed by atoms with Crippen LogP contribution in [-0.4, -0.2) is 66.0 Å². The number of nitrogens with one attached hydrogen (secondary N) is 2. The molecule has 0 aliphatic carbocycles. The summed E-state index contributed by atoms with van der Waals surface area (Å²) >= 11 is 3.25. The average Bonchev–Trinajstić information content (AvgIpc) is 3.15. The zero-order valence-corrected chi connectivity index (χ0v) is 23.2. The number of nitrogens with zero attached hydrogens (tertiary/aromatic N) is 3. The molecule has 1 aromatic carbocycles. The summed E-state index contributed by atoms with van der Waals surface area (Å²) in [6.45, 7) is 9.44. The van der Waals surface area contributed by atoms with E-state index >= 15 is 0 Å². The van der Waals surface area contributed by atoms with Gasteiger partial charge in [-0.2, -0.15) is 5.10 Å². The van der Waals surface area contributed by atoms with E-state index in [1.165, 1.54) is 14.2 Å². The van der Waals surface area contributed by atoms with Gasteiger partial charge in [0.1, 0.15) is 17.2 Å². The fourth-order valence-electron chi connectivity index (χ4n) is 3.97. The van der Waals surface area contributed by atoms with Crippen LogP contribution in [0.5, 0.6) is 0 Å². The van der Waals surface area contributed by atoms with E-state index in [1.54, 1.807) is 28.6 Å². The Bertz CT molecular complexity index is 1110. The molecule has 0 spiro atoms. The molecule has 3 rings (SSSR count). The van der Waals surface area contributed by atoms with Gasteiger partial charge in [0.2, 0.25) is 0 Å². The first-order valence-electron chi connectivity index (χ1n) is 11.5. The Morgan fingerprint density at radius 2 is 1.94 bits per heavy atom. The van der Waals surface area contributed by atoms with Gasteiger partial charge in [-0.1, -0.05) is 0 Å². The zero-order valence-electron chi connectivity index (χ0n) is 21.6. The van der Waals surface area contributed by atoms with Crippen molar-refractivity contribution in [3.63, 3.8) is 0 Å². The average molecular weight is 570 g/mol. The van der Waals surface area contributed by atoms with Crippen molar-refractivity contribution in [1.29, 1.82) is 0 Å². The Kier molecular flexibility index (Phi) is 8.63. The summed E-state index contributed by atoms with van der Waals surface area (Å²) in [6.07, 6.45) is -0.613. The van der Waals surface area contributed by atoms with E-state index in [0.717, 1.165) is 5.69 Å². The molecule has 0 bridgehead atoms. The first kappa shape index (κ1) is 27.9. The van der Waals surface area contributed by atoms with Crippen LogP contribution in [0.2, 0.25) is 0 Å². The molecule has 1 aromatic heterocycles. The summed E-state index contributed by atoms with van der Waals surface area (Å²) in [5.74, 6) is -0.00915. The van der Waals surface area contributed by atoms with Crippen molar-refractivity contribution in [2.45, 2.75) is 59.0 Å². The molecule has 10 nitrogen and oxygen atoms in total. The molecule has 1 aliphatic rings. The highest BCUT2D eigenvalue weighted by Gasteiger charge is 2.36. The molecule has 0 fully saturated rings. The highest BCUT2D eigenvalue weighted by molar-refractivity contribution is 9.10. The molecular formula is C24H33BrFN5O5. The summed E-state index contributed by atoms with van der Waals surface area (Å²) in [4.78, 5) is 27.4.